The van der Waals surface area contributed by atoms with Gasteiger partial charge in [-0.15, -0.1) is 0 Å². The second-order valence-electron chi connectivity index (χ2n) is 5.93. The Hall–Kier alpha value is -2.60. The van der Waals surface area contributed by atoms with Crippen molar-refractivity contribution in [3.63, 3.8) is 0 Å². The Balaban J connectivity index is 1.55. The molecule has 0 radical (unpaired) electrons. The van der Waals surface area contributed by atoms with Crippen molar-refractivity contribution >= 4 is 34.9 Å². The maximum Gasteiger partial charge on any atom is 0.315 e. The Morgan fingerprint density at radius 1 is 1.12 bits per heavy atom. The molecule has 1 aromatic carbocycles. The van der Waals surface area contributed by atoms with Gasteiger partial charge in [0.2, 0.25) is 0 Å². The van der Waals surface area contributed by atoms with Gasteiger partial charge < -0.3 is 15.1 Å². The molecule has 1 aliphatic rings. The van der Waals surface area contributed by atoms with Crippen LogP contribution in [0.4, 0.5) is 11.5 Å². The second-order valence-corrected chi connectivity index (χ2v) is 6.37. The predicted molar refractivity (Wildman–Crippen MR) is 97.8 cm³/mol. The zero-order valence-corrected chi connectivity index (χ0v) is 14.7. The molecule has 2 amide bonds. The Morgan fingerprint density at radius 3 is 2.52 bits per heavy atom. The minimum absolute atomic E-state index is 0.376. The Morgan fingerprint density at radius 2 is 1.88 bits per heavy atom. The molecule has 130 valence electrons. The summed E-state index contributed by atoms with van der Waals surface area (Å²) in [6.07, 6.45) is 1.64. The number of nitrogens with one attached hydrogen (secondary N) is 1. The van der Waals surface area contributed by atoms with E-state index in [0.717, 1.165) is 11.3 Å². The highest BCUT2D eigenvalue weighted by Crippen LogP contribution is 2.20. The van der Waals surface area contributed by atoms with E-state index in [1.165, 1.54) is 0 Å². The number of amides is 2. The van der Waals surface area contributed by atoms with E-state index in [9.17, 15) is 9.59 Å². The van der Waals surface area contributed by atoms with Crippen LogP contribution in [-0.2, 0) is 9.59 Å². The number of hydrogen-bond donors (Lipinski definition) is 1. The number of aromatic nitrogens is 1. The van der Waals surface area contributed by atoms with Crippen LogP contribution in [-0.4, -0.2) is 47.9 Å². The van der Waals surface area contributed by atoms with Crippen LogP contribution < -0.4 is 10.2 Å². The third-order valence-electron chi connectivity index (χ3n) is 4.09. The number of piperazine rings is 1. The van der Waals surface area contributed by atoms with Crippen LogP contribution in [0.5, 0.6) is 0 Å². The number of rotatable bonds is 2. The van der Waals surface area contributed by atoms with Gasteiger partial charge in [0.05, 0.1) is 0 Å². The molecule has 0 spiro atoms. The van der Waals surface area contributed by atoms with Gasteiger partial charge in [0.15, 0.2) is 0 Å². The summed E-state index contributed by atoms with van der Waals surface area (Å²) in [4.78, 5) is 32.2. The third-order valence-corrected chi connectivity index (χ3v) is 4.32. The van der Waals surface area contributed by atoms with Gasteiger partial charge in [0.1, 0.15) is 5.82 Å². The van der Waals surface area contributed by atoms with Crippen LogP contribution in [0.25, 0.3) is 0 Å². The zero-order chi connectivity index (χ0) is 17.8. The highest BCUT2D eigenvalue weighted by molar-refractivity contribution is 6.39. The lowest BCUT2D eigenvalue weighted by Crippen LogP contribution is -2.51. The van der Waals surface area contributed by atoms with E-state index in [1.807, 2.05) is 37.3 Å². The van der Waals surface area contributed by atoms with E-state index >= 15 is 0 Å². The van der Waals surface area contributed by atoms with Gasteiger partial charge >= 0.3 is 11.8 Å². The van der Waals surface area contributed by atoms with Gasteiger partial charge in [0.25, 0.3) is 0 Å². The lowest BCUT2D eigenvalue weighted by Gasteiger charge is -2.35. The van der Waals surface area contributed by atoms with Crippen LogP contribution in [0.1, 0.15) is 5.56 Å². The quantitative estimate of drug-likeness (QED) is 0.837. The van der Waals surface area contributed by atoms with Crippen LogP contribution in [0.2, 0.25) is 5.02 Å². The summed E-state index contributed by atoms with van der Waals surface area (Å²) in [7, 11) is 0. The van der Waals surface area contributed by atoms with E-state index in [4.69, 9.17) is 11.6 Å². The minimum Gasteiger partial charge on any atom is -0.368 e. The lowest BCUT2D eigenvalue weighted by atomic mass is 10.2. The van der Waals surface area contributed by atoms with Crippen LogP contribution >= 0.6 is 11.6 Å². The number of halogens is 1. The molecule has 0 saturated carbocycles. The number of anilines is 2. The van der Waals surface area contributed by atoms with Crippen molar-refractivity contribution in [2.75, 3.05) is 36.4 Å². The number of carbonyl (C=O) groups is 2. The monoisotopic (exact) mass is 358 g/mol. The molecular weight excluding hydrogens is 340 g/mol. The molecule has 3 rings (SSSR count). The van der Waals surface area contributed by atoms with E-state index in [2.05, 4.69) is 15.2 Å². The number of hydrogen-bond acceptors (Lipinski definition) is 4. The summed E-state index contributed by atoms with van der Waals surface area (Å²) >= 11 is 6.02. The van der Waals surface area contributed by atoms with Crippen molar-refractivity contribution in [2.24, 2.45) is 0 Å². The summed E-state index contributed by atoms with van der Waals surface area (Å²) < 4.78 is 0. The van der Waals surface area contributed by atoms with Gasteiger partial charge in [0, 0.05) is 43.1 Å². The highest BCUT2D eigenvalue weighted by atomic mass is 35.5. The van der Waals surface area contributed by atoms with Crippen LogP contribution in [0.15, 0.2) is 42.6 Å². The minimum atomic E-state index is -0.660. The number of carbonyl (C=O) groups excluding carboxylic acids is 2. The molecule has 0 aliphatic carbocycles. The van der Waals surface area contributed by atoms with E-state index < -0.39 is 11.8 Å². The number of aryl methyl sites for hydroxylation is 1. The first-order valence-corrected chi connectivity index (χ1v) is 8.44. The predicted octanol–water partition coefficient (Wildman–Crippen LogP) is 2.33. The van der Waals surface area contributed by atoms with Crippen LogP contribution in [0, 0.1) is 6.92 Å². The molecule has 1 aliphatic heterocycles. The van der Waals surface area contributed by atoms with Gasteiger partial charge in [-0.25, -0.2) is 4.98 Å². The molecule has 0 unspecified atom stereocenters. The molecule has 1 N–H and O–H groups in total. The van der Waals surface area contributed by atoms with Gasteiger partial charge in [-0.05, 0) is 36.8 Å². The fourth-order valence-corrected chi connectivity index (χ4v) is 2.88. The molecule has 25 heavy (non-hydrogen) atoms. The number of pyridine rings is 1. The normalized spacial score (nSPS) is 14.3. The standard InChI is InChI=1S/C18H19ClN4O2/c1-13-5-6-16(20-12-13)21-17(24)18(25)23-9-7-22(8-10-23)15-4-2-3-14(19)11-15/h2-6,11-12H,7-10H2,1H3,(H,20,21,24). The van der Waals surface area contributed by atoms with Gasteiger partial charge in [-0.1, -0.05) is 23.7 Å². The zero-order valence-electron chi connectivity index (χ0n) is 13.9. The largest absolute Gasteiger partial charge is 0.368 e. The second kappa shape index (κ2) is 7.53. The molecule has 2 heterocycles. The fraction of sp³-hybridized carbons (Fsp3) is 0.278. The van der Waals surface area contributed by atoms with Crippen molar-refractivity contribution in [1.82, 2.24) is 9.88 Å². The molecule has 0 bridgehead atoms. The number of nitrogens with zero attached hydrogens (tertiary/aromatic N) is 3. The molecule has 1 saturated heterocycles. The smallest absolute Gasteiger partial charge is 0.315 e. The van der Waals surface area contributed by atoms with E-state index in [-0.39, 0.29) is 0 Å². The highest BCUT2D eigenvalue weighted by Gasteiger charge is 2.26. The van der Waals surface area contributed by atoms with Crippen molar-refractivity contribution in [1.29, 1.82) is 0 Å². The molecule has 1 aromatic heterocycles. The molecule has 7 heteroatoms. The van der Waals surface area contributed by atoms with Gasteiger partial charge in [-0.2, -0.15) is 0 Å². The summed E-state index contributed by atoms with van der Waals surface area (Å²) in [6.45, 7) is 4.19. The first-order valence-electron chi connectivity index (χ1n) is 8.06. The maximum atomic E-state index is 12.3. The molecule has 2 aromatic rings. The molecular formula is C18H19ClN4O2. The first-order chi connectivity index (χ1) is 12.0. The summed E-state index contributed by atoms with van der Waals surface area (Å²) in [6, 6.07) is 11.1. The first kappa shape index (κ1) is 17.2. The molecule has 6 nitrogen and oxygen atoms in total. The Kier molecular flexibility index (Phi) is 5.19. The maximum absolute atomic E-state index is 12.3. The van der Waals surface area contributed by atoms with E-state index in [1.54, 1.807) is 17.2 Å². The lowest BCUT2D eigenvalue weighted by molar-refractivity contribution is -0.143. The molecule has 0 atom stereocenters. The SMILES string of the molecule is Cc1ccc(NC(=O)C(=O)N2CCN(c3cccc(Cl)c3)CC2)nc1. The third kappa shape index (κ3) is 4.28. The summed E-state index contributed by atoms with van der Waals surface area (Å²) in [5.41, 5.74) is 2.01. The van der Waals surface area contributed by atoms with Gasteiger partial charge in [-0.3, -0.25) is 9.59 Å². The fourth-order valence-electron chi connectivity index (χ4n) is 2.70. The van der Waals surface area contributed by atoms with Crippen molar-refractivity contribution in [2.45, 2.75) is 6.92 Å². The summed E-state index contributed by atoms with van der Waals surface area (Å²) in [5.74, 6) is -0.817. The van der Waals surface area contributed by atoms with Crippen molar-refractivity contribution in [3.05, 3.63) is 53.2 Å². The average Bonchev–Trinajstić information content (AvgIpc) is 2.63. The Bertz CT molecular complexity index is 771. The van der Waals surface area contributed by atoms with Crippen LogP contribution in [0.3, 0.4) is 0 Å². The van der Waals surface area contributed by atoms with E-state index in [0.29, 0.717) is 37.0 Å². The van der Waals surface area contributed by atoms with Crippen molar-refractivity contribution < 1.29 is 9.59 Å². The summed E-state index contributed by atoms with van der Waals surface area (Å²) in [5, 5.41) is 3.23. The average molecular weight is 359 g/mol. The number of benzene rings is 1. The topological polar surface area (TPSA) is 65.5 Å². The Labute approximate surface area is 151 Å². The van der Waals surface area contributed by atoms with Crippen molar-refractivity contribution in [3.8, 4) is 0 Å². The molecule has 1 fully saturated rings.